The number of nitrogens with one attached hydrogen (secondary N) is 1. The van der Waals surface area contributed by atoms with Gasteiger partial charge in [-0.15, -0.1) is 0 Å². The van der Waals surface area contributed by atoms with Crippen LogP contribution in [0.4, 0.5) is 8.78 Å². The van der Waals surface area contributed by atoms with Gasteiger partial charge in [0.2, 0.25) is 10.0 Å². The largest absolute Gasteiger partial charge is 0.493 e. The van der Waals surface area contributed by atoms with Crippen molar-refractivity contribution in [3.8, 4) is 16.9 Å². The van der Waals surface area contributed by atoms with Gasteiger partial charge in [-0.05, 0) is 36.5 Å². The predicted octanol–water partition coefficient (Wildman–Crippen LogP) is 3.22. The Hall–Kier alpha value is -2.52. The minimum atomic E-state index is -3.62. The summed E-state index contributed by atoms with van der Waals surface area (Å²) in [5.74, 6) is -4.43. The first-order valence-electron chi connectivity index (χ1n) is 10.6. The van der Waals surface area contributed by atoms with Crippen molar-refractivity contribution in [1.82, 2.24) is 9.62 Å². The summed E-state index contributed by atoms with van der Waals surface area (Å²) in [5, 5.41) is 0. The van der Waals surface area contributed by atoms with E-state index in [1.165, 1.54) is 0 Å². The molecule has 4 rings (SSSR count). The van der Waals surface area contributed by atoms with Crippen molar-refractivity contribution in [2.45, 2.75) is 43.7 Å². The van der Waals surface area contributed by atoms with E-state index in [4.69, 9.17) is 4.74 Å². The highest BCUT2D eigenvalue weighted by molar-refractivity contribution is 7.88. The molecule has 0 aliphatic carbocycles. The zero-order chi connectivity index (χ0) is 22.9. The van der Waals surface area contributed by atoms with Crippen molar-refractivity contribution in [2.75, 3.05) is 19.4 Å². The fourth-order valence-electron chi connectivity index (χ4n) is 4.52. The van der Waals surface area contributed by atoms with E-state index in [0.29, 0.717) is 18.6 Å². The van der Waals surface area contributed by atoms with Crippen LogP contribution in [-0.2, 0) is 21.2 Å². The van der Waals surface area contributed by atoms with E-state index in [2.05, 4.69) is 4.72 Å². The van der Waals surface area contributed by atoms with E-state index in [0.717, 1.165) is 27.8 Å². The Balaban J connectivity index is 1.79. The molecule has 6 nitrogen and oxygen atoms in total. The third-order valence-electron chi connectivity index (χ3n) is 5.96. The fourth-order valence-corrected chi connectivity index (χ4v) is 5.34. The molecule has 2 aromatic carbocycles. The van der Waals surface area contributed by atoms with E-state index in [1.54, 1.807) is 12.1 Å². The van der Waals surface area contributed by atoms with Crippen molar-refractivity contribution in [1.29, 1.82) is 0 Å². The molecule has 2 aliphatic rings. The monoisotopic (exact) mass is 464 g/mol. The summed E-state index contributed by atoms with van der Waals surface area (Å²) in [6.07, 6.45) is 1.44. The van der Waals surface area contributed by atoms with Crippen molar-refractivity contribution >= 4 is 15.9 Å². The molecule has 1 fully saturated rings. The first-order chi connectivity index (χ1) is 15.1. The smallest absolute Gasteiger partial charge is 0.328 e. The number of hydrogen-bond donors (Lipinski definition) is 1. The normalized spacial score (nSPS) is 23.6. The van der Waals surface area contributed by atoms with Crippen LogP contribution in [0.25, 0.3) is 11.1 Å². The van der Waals surface area contributed by atoms with E-state index >= 15 is 0 Å². The van der Waals surface area contributed by atoms with E-state index in [9.17, 15) is 22.0 Å². The molecule has 9 heteroatoms. The number of benzene rings is 2. The summed E-state index contributed by atoms with van der Waals surface area (Å²) >= 11 is 0. The molecule has 0 spiro atoms. The second kappa shape index (κ2) is 8.78. The number of piperidine rings is 1. The fraction of sp³-hybridized carbons (Fsp3) is 0.435. The zero-order valence-electron chi connectivity index (χ0n) is 17.8. The van der Waals surface area contributed by atoms with Crippen molar-refractivity contribution < 1.29 is 26.7 Å². The second-order valence-corrected chi connectivity index (χ2v) is 10.2. The predicted molar refractivity (Wildman–Crippen MR) is 117 cm³/mol. The highest BCUT2D eigenvalue weighted by Gasteiger charge is 2.47. The molecule has 2 aromatic rings. The lowest BCUT2D eigenvalue weighted by atomic mass is 9.90. The van der Waals surface area contributed by atoms with Gasteiger partial charge in [-0.1, -0.05) is 42.5 Å². The Kier molecular flexibility index (Phi) is 6.22. The van der Waals surface area contributed by atoms with E-state index in [1.807, 2.05) is 36.4 Å². The van der Waals surface area contributed by atoms with Crippen LogP contribution in [0.15, 0.2) is 48.5 Å². The van der Waals surface area contributed by atoms with Crippen LogP contribution in [0.5, 0.6) is 5.75 Å². The van der Waals surface area contributed by atoms with Gasteiger partial charge < -0.3 is 9.64 Å². The first kappa shape index (κ1) is 22.7. The van der Waals surface area contributed by atoms with Gasteiger partial charge in [0.15, 0.2) is 0 Å². The molecule has 1 saturated heterocycles. The number of carbonyl (C=O) groups is 1. The van der Waals surface area contributed by atoms with Gasteiger partial charge in [0.25, 0.3) is 5.91 Å². The standard InChI is InChI=1S/C23H26F2N2O4S/c1-32(29,30)26-19-9-5-12-27-20(19)15-16-6-4-7-17(14-16)18-8-2-3-10-21(18)31-13-11-23(24,25)22(27)28/h2-4,6-8,10,14,19-20,26H,5,9,11-13,15H2,1H3. The van der Waals surface area contributed by atoms with Gasteiger partial charge in [0.05, 0.1) is 25.3 Å². The first-order valence-corrected chi connectivity index (χ1v) is 12.5. The summed E-state index contributed by atoms with van der Waals surface area (Å²) < 4.78 is 61.9. The van der Waals surface area contributed by atoms with Crippen LogP contribution in [-0.4, -0.2) is 56.6 Å². The topological polar surface area (TPSA) is 75.7 Å². The van der Waals surface area contributed by atoms with Gasteiger partial charge >= 0.3 is 5.92 Å². The lowest BCUT2D eigenvalue weighted by molar-refractivity contribution is -0.163. The average Bonchev–Trinajstić information content (AvgIpc) is 2.73. The van der Waals surface area contributed by atoms with Crippen LogP contribution >= 0.6 is 0 Å². The molecule has 2 aliphatic heterocycles. The Morgan fingerprint density at radius 2 is 1.94 bits per heavy atom. The van der Waals surface area contributed by atoms with Crippen LogP contribution in [0.3, 0.4) is 0 Å². The van der Waals surface area contributed by atoms with Crippen LogP contribution in [0.2, 0.25) is 0 Å². The number of carbonyl (C=O) groups excluding carboxylic acids is 1. The summed E-state index contributed by atoms with van der Waals surface area (Å²) in [7, 11) is -3.58. The van der Waals surface area contributed by atoms with Crippen molar-refractivity contribution in [2.24, 2.45) is 0 Å². The van der Waals surface area contributed by atoms with Gasteiger partial charge in [0, 0.05) is 18.2 Å². The maximum absolute atomic E-state index is 14.9. The number of amides is 1. The maximum atomic E-state index is 14.9. The van der Waals surface area contributed by atoms with Crippen molar-refractivity contribution in [3.63, 3.8) is 0 Å². The number of fused-ring (bicyclic) bond motifs is 5. The molecule has 0 saturated carbocycles. The molecule has 2 unspecified atom stereocenters. The third-order valence-corrected chi connectivity index (χ3v) is 6.69. The molecular formula is C23H26F2N2O4S. The average molecular weight is 465 g/mol. The molecule has 1 amide bonds. The maximum Gasteiger partial charge on any atom is 0.328 e. The molecule has 0 aromatic heterocycles. The van der Waals surface area contributed by atoms with Gasteiger partial charge in [-0.3, -0.25) is 4.79 Å². The van der Waals surface area contributed by atoms with Crippen molar-refractivity contribution in [3.05, 3.63) is 54.1 Å². The van der Waals surface area contributed by atoms with Crippen LogP contribution in [0.1, 0.15) is 24.8 Å². The number of nitrogens with zero attached hydrogens (tertiary/aromatic N) is 1. The van der Waals surface area contributed by atoms with E-state index < -0.39 is 40.4 Å². The number of hydrogen-bond acceptors (Lipinski definition) is 4. The molecule has 2 atom stereocenters. The SMILES string of the molecule is CS(=O)(=O)NC1CCCN2C(=O)C(F)(F)CCOc3ccccc3-c3cccc(c3)CC12. The Labute approximate surface area is 186 Å². The summed E-state index contributed by atoms with van der Waals surface area (Å²) in [5.41, 5.74) is 2.46. The minimum Gasteiger partial charge on any atom is -0.493 e. The molecule has 0 radical (unpaired) electrons. The quantitative estimate of drug-likeness (QED) is 0.741. The zero-order valence-corrected chi connectivity index (χ0v) is 18.6. The van der Waals surface area contributed by atoms with Gasteiger partial charge in [0.1, 0.15) is 5.75 Å². The summed E-state index contributed by atoms with van der Waals surface area (Å²) in [4.78, 5) is 14.1. The highest BCUT2D eigenvalue weighted by Crippen LogP contribution is 2.34. The Bertz CT molecular complexity index is 1110. The summed E-state index contributed by atoms with van der Waals surface area (Å²) in [6, 6.07) is 13.4. The van der Waals surface area contributed by atoms with Crippen LogP contribution in [0, 0.1) is 0 Å². The number of ether oxygens (including phenoxy) is 1. The highest BCUT2D eigenvalue weighted by atomic mass is 32.2. The number of alkyl halides is 2. The molecular weight excluding hydrogens is 438 g/mol. The number of sulfonamides is 1. The van der Waals surface area contributed by atoms with E-state index in [-0.39, 0.29) is 19.6 Å². The second-order valence-electron chi connectivity index (χ2n) is 8.41. The Morgan fingerprint density at radius 1 is 1.16 bits per heavy atom. The lowest BCUT2D eigenvalue weighted by Gasteiger charge is -2.42. The molecule has 172 valence electrons. The lowest BCUT2D eigenvalue weighted by Crippen LogP contribution is -2.60. The number of rotatable bonds is 2. The number of para-hydroxylation sites is 1. The third kappa shape index (κ3) is 4.94. The molecule has 2 bridgehead atoms. The Morgan fingerprint density at radius 3 is 2.72 bits per heavy atom. The van der Waals surface area contributed by atoms with Gasteiger partial charge in [-0.25, -0.2) is 13.1 Å². The molecule has 1 N–H and O–H groups in total. The molecule has 32 heavy (non-hydrogen) atoms. The van der Waals surface area contributed by atoms with Crippen LogP contribution < -0.4 is 9.46 Å². The minimum absolute atomic E-state index is 0.155. The summed E-state index contributed by atoms with van der Waals surface area (Å²) in [6.45, 7) is -0.166. The molecule has 2 heterocycles. The number of halogens is 2. The van der Waals surface area contributed by atoms with Gasteiger partial charge in [-0.2, -0.15) is 8.78 Å².